The molecule has 1 aromatic rings. The summed E-state index contributed by atoms with van der Waals surface area (Å²) in [5.74, 6) is 0.308. The molecule has 0 radical (unpaired) electrons. The van der Waals surface area contributed by atoms with Crippen LogP contribution in [0.1, 0.15) is 52.2 Å². The molecular weight excluding hydrogens is 241 g/mol. The second-order valence-electron chi connectivity index (χ2n) is 5.59. The van der Waals surface area contributed by atoms with E-state index in [1.54, 1.807) is 12.1 Å². The van der Waals surface area contributed by atoms with Gasteiger partial charge in [0.2, 0.25) is 0 Å². The topological polar surface area (TPSA) is 35.2 Å². The maximum atomic E-state index is 13.9. The molecule has 19 heavy (non-hydrogen) atoms. The van der Waals surface area contributed by atoms with Crippen LogP contribution in [-0.2, 0) is 4.74 Å². The molecular formula is C16H26FNO. The van der Waals surface area contributed by atoms with Gasteiger partial charge in [-0.25, -0.2) is 4.39 Å². The van der Waals surface area contributed by atoms with Gasteiger partial charge in [0.25, 0.3) is 0 Å². The van der Waals surface area contributed by atoms with Crippen molar-refractivity contribution >= 4 is 0 Å². The Hall–Kier alpha value is -0.930. The highest BCUT2D eigenvalue weighted by Crippen LogP contribution is 2.27. The van der Waals surface area contributed by atoms with Gasteiger partial charge in [-0.3, -0.25) is 0 Å². The quantitative estimate of drug-likeness (QED) is 0.808. The lowest BCUT2D eigenvalue weighted by atomic mass is 9.99. The Kier molecular flexibility index (Phi) is 6.46. The molecule has 3 unspecified atom stereocenters. The van der Waals surface area contributed by atoms with Crippen LogP contribution in [0, 0.1) is 11.7 Å². The van der Waals surface area contributed by atoms with E-state index in [1.807, 2.05) is 19.9 Å². The summed E-state index contributed by atoms with van der Waals surface area (Å²) in [5.41, 5.74) is 6.67. The van der Waals surface area contributed by atoms with Crippen LogP contribution in [0.5, 0.6) is 0 Å². The second kappa shape index (κ2) is 7.61. The van der Waals surface area contributed by atoms with Crippen molar-refractivity contribution in [1.82, 2.24) is 0 Å². The first-order valence-corrected chi connectivity index (χ1v) is 7.11. The molecule has 0 spiro atoms. The zero-order valence-corrected chi connectivity index (χ0v) is 12.4. The Morgan fingerprint density at radius 1 is 1.21 bits per heavy atom. The minimum atomic E-state index is -0.375. The molecule has 2 nitrogen and oxygen atoms in total. The fraction of sp³-hybridized carbons (Fsp3) is 0.625. The smallest absolute Gasteiger partial charge is 0.129 e. The minimum Gasteiger partial charge on any atom is -0.369 e. The van der Waals surface area contributed by atoms with Crippen LogP contribution in [0.2, 0.25) is 0 Å². The molecule has 0 aliphatic rings. The third-order valence-electron chi connectivity index (χ3n) is 3.25. The fourth-order valence-electron chi connectivity index (χ4n) is 2.29. The monoisotopic (exact) mass is 267 g/mol. The van der Waals surface area contributed by atoms with Crippen LogP contribution < -0.4 is 5.73 Å². The maximum Gasteiger partial charge on any atom is 0.129 e. The van der Waals surface area contributed by atoms with Crippen molar-refractivity contribution in [2.45, 2.75) is 58.8 Å². The van der Waals surface area contributed by atoms with E-state index in [1.165, 1.54) is 6.07 Å². The summed E-state index contributed by atoms with van der Waals surface area (Å²) in [6.45, 7) is 8.32. The zero-order chi connectivity index (χ0) is 14.4. The van der Waals surface area contributed by atoms with Crippen molar-refractivity contribution in [2.24, 2.45) is 11.7 Å². The highest BCUT2D eigenvalue weighted by atomic mass is 19.1. The van der Waals surface area contributed by atoms with Crippen molar-refractivity contribution in [3.05, 3.63) is 35.6 Å². The van der Waals surface area contributed by atoms with Gasteiger partial charge in [0.05, 0.1) is 6.10 Å². The van der Waals surface area contributed by atoms with Crippen LogP contribution in [0.15, 0.2) is 24.3 Å². The molecule has 0 saturated heterocycles. The van der Waals surface area contributed by atoms with E-state index in [0.29, 0.717) is 11.5 Å². The van der Waals surface area contributed by atoms with E-state index < -0.39 is 0 Å². The lowest BCUT2D eigenvalue weighted by molar-refractivity contribution is -0.0287. The van der Waals surface area contributed by atoms with Gasteiger partial charge in [-0.1, -0.05) is 39.0 Å². The first-order valence-electron chi connectivity index (χ1n) is 7.11. The van der Waals surface area contributed by atoms with Gasteiger partial charge in [0.1, 0.15) is 11.9 Å². The van der Waals surface area contributed by atoms with Crippen LogP contribution in [-0.4, -0.2) is 12.1 Å². The molecule has 0 aliphatic heterocycles. The molecule has 0 aromatic heterocycles. The van der Waals surface area contributed by atoms with Crippen molar-refractivity contribution < 1.29 is 9.13 Å². The summed E-state index contributed by atoms with van der Waals surface area (Å²) < 4.78 is 19.9. The number of benzene rings is 1. The Morgan fingerprint density at radius 2 is 1.84 bits per heavy atom. The molecule has 108 valence electrons. The van der Waals surface area contributed by atoms with Gasteiger partial charge < -0.3 is 10.5 Å². The molecule has 3 heteroatoms. The third-order valence-corrected chi connectivity index (χ3v) is 3.25. The van der Waals surface area contributed by atoms with E-state index >= 15 is 0 Å². The standard InChI is InChI=1S/C16H26FNO/c1-5-15(18)16(19-12(4)10-11(2)3)13-8-6-7-9-14(13)17/h6-9,11-12,15-16H,5,10,18H2,1-4H3. The Balaban J connectivity index is 2.87. The average Bonchev–Trinajstić information content (AvgIpc) is 2.35. The van der Waals surface area contributed by atoms with E-state index in [-0.39, 0.29) is 24.1 Å². The summed E-state index contributed by atoms with van der Waals surface area (Å²) in [4.78, 5) is 0. The van der Waals surface area contributed by atoms with E-state index in [4.69, 9.17) is 10.5 Å². The molecule has 0 aliphatic carbocycles. The first kappa shape index (κ1) is 16.1. The van der Waals surface area contributed by atoms with Crippen LogP contribution >= 0.6 is 0 Å². The average molecular weight is 267 g/mol. The number of ether oxygens (including phenoxy) is 1. The zero-order valence-electron chi connectivity index (χ0n) is 12.4. The number of hydrogen-bond donors (Lipinski definition) is 1. The van der Waals surface area contributed by atoms with Crippen molar-refractivity contribution in [2.75, 3.05) is 0 Å². The maximum absolute atomic E-state index is 13.9. The Labute approximate surface area is 116 Å². The van der Waals surface area contributed by atoms with E-state index in [0.717, 1.165) is 12.8 Å². The largest absolute Gasteiger partial charge is 0.369 e. The molecule has 0 heterocycles. The normalized spacial score (nSPS) is 16.4. The molecule has 0 amide bonds. The molecule has 1 rings (SSSR count). The molecule has 2 N–H and O–H groups in total. The van der Waals surface area contributed by atoms with Gasteiger partial charge in [-0.15, -0.1) is 0 Å². The number of rotatable bonds is 7. The van der Waals surface area contributed by atoms with Gasteiger partial charge in [-0.2, -0.15) is 0 Å². The fourth-order valence-corrected chi connectivity index (χ4v) is 2.29. The summed E-state index contributed by atoms with van der Waals surface area (Å²) in [5, 5.41) is 0. The van der Waals surface area contributed by atoms with Gasteiger partial charge in [0.15, 0.2) is 0 Å². The van der Waals surface area contributed by atoms with Crippen LogP contribution in [0.3, 0.4) is 0 Å². The molecule has 3 atom stereocenters. The highest BCUT2D eigenvalue weighted by molar-refractivity contribution is 5.21. The van der Waals surface area contributed by atoms with Gasteiger partial charge >= 0.3 is 0 Å². The van der Waals surface area contributed by atoms with Crippen molar-refractivity contribution in [3.8, 4) is 0 Å². The number of hydrogen-bond acceptors (Lipinski definition) is 2. The van der Waals surface area contributed by atoms with Crippen LogP contribution in [0.4, 0.5) is 4.39 Å². The van der Waals surface area contributed by atoms with Gasteiger partial charge in [0, 0.05) is 11.6 Å². The highest BCUT2D eigenvalue weighted by Gasteiger charge is 2.24. The van der Waals surface area contributed by atoms with Crippen molar-refractivity contribution in [3.63, 3.8) is 0 Å². The first-order chi connectivity index (χ1) is 8.95. The Morgan fingerprint density at radius 3 is 2.37 bits per heavy atom. The number of halogens is 1. The lowest BCUT2D eigenvalue weighted by Gasteiger charge is -2.28. The van der Waals surface area contributed by atoms with Gasteiger partial charge in [-0.05, 0) is 31.7 Å². The molecule has 0 fully saturated rings. The Bertz CT molecular complexity index is 381. The summed E-state index contributed by atoms with van der Waals surface area (Å²) in [6, 6.07) is 6.54. The molecule has 0 bridgehead atoms. The predicted molar refractivity (Wildman–Crippen MR) is 77.4 cm³/mol. The third kappa shape index (κ3) is 4.92. The SMILES string of the molecule is CCC(N)C(OC(C)CC(C)C)c1ccccc1F. The molecule has 1 aromatic carbocycles. The van der Waals surface area contributed by atoms with E-state index in [2.05, 4.69) is 13.8 Å². The summed E-state index contributed by atoms with van der Waals surface area (Å²) in [6.07, 6.45) is 1.40. The second-order valence-corrected chi connectivity index (χ2v) is 5.59. The lowest BCUT2D eigenvalue weighted by Crippen LogP contribution is -2.32. The van der Waals surface area contributed by atoms with E-state index in [9.17, 15) is 4.39 Å². The van der Waals surface area contributed by atoms with Crippen molar-refractivity contribution in [1.29, 1.82) is 0 Å². The van der Waals surface area contributed by atoms with Crippen LogP contribution in [0.25, 0.3) is 0 Å². The predicted octanol–water partition coefficient (Wildman–Crippen LogP) is 4.06. The summed E-state index contributed by atoms with van der Waals surface area (Å²) in [7, 11) is 0. The minimum absolute atomic E-state index is 0.0715. The number of nitrogens with two attached hydrogens (primary N) is 1. The summed E-state index contributed by atoms with van der Waals surface area (Å²) >= 11 is 0. The molecule has 0 saturated carbocycles.